The van der Waals surface area contributed by atoms with Gasteiger partial charge in [0, 0.05) is 18.3 Å². The molecule has 6 nitrogen and oxygen atoms in total. The van der Waals surface area contributed by atoms with Gasteiger partial charge in [0.2, 0.25) is 5.91 Å². The van der Waals surface area contributed by atoms with Crippen molar-refractivity contribution < 1.29 is 19.4 Å². The Bertz CT molecular complexity index is 385. The van der Waals surface area contributed by atoms with Gasteiger partial charge in [-0.15, -0.1) is 0 Å². The fraction of sp³-hybridized carbons (Fsp3) is 0.462. The number of ether oxygens (including phenoxy) is 2. The summed E-state index contributed by atoms with van der Waals surface area (Å²) in [6.07, 6.45) is 0.256. The Hall–Kier alpha value is -1.63. The van der Waals surface area contributed by atoms with Crippen LogP contribution in [0.1, 0.15) is 6.42 Å². The molecule has 0 bridgehead atoms. The molecule has 0 fully saturated rings. The molecule has 0 radical (unpaired) electrons. The third-order valence-electron chi connectivity index (χ3n) is 2.24. The highest BCUT2D eigenvalue weighted by Gasteiger charge is 2.02. The molecule has 6 heteroatoms. The van der Waals surface area contributed by atoms with E-state index in [4.69, 9.17) is 15.2 Å². The van der Waals surface area contributed by atoms with E-state index in [9.17, 15) is 9.90 Å². The standard InChI is InChI=1S/C13H20N2O4/c14-5-7-19-9-8-18-6-4-13(17)15-11-2-1-3-12(16)10-11/h1-3,10,16H,4-9,14H2,(H,15,17). The van der Waals surface area contributed by atoms with E-state index < -0.39 is 0 Å². The van der Waals surface area contributed by atoms with Crippen LogP contribution in [0.3, 0.4) is 0 Å². The van der Waals surface area contributed by atoms with Crippen LogP contribution in [0.5, 0.6) is 5.75 Å². The van der Waals surface area contributed by atoms with Crippen molar-refractivity contribution in [3.05, 3.63) is 24.3 Å². The zero-order chi connectivity index (χ0) is 13.9. The summed E-state index contributed by atoms with van der Waals surface area (Å²) in [6, 6.07) is 6.40. The molecule has 0 saturated heterocycles. The van der Waals surface area contributed by atoms with E-state index in [1.807, 2.05) is 0 Å². The molecule has 1 amide bonds. The van der Waals surface area contributed by atoms with Crippen LogP contribution >= 0.6 is 0 Å². The molecule has 106 valence electrons. The minimum Gasteiger partial charge on any atom is -0.508 e. The molecule has 19 heavy (non-hydrogen) atoms. The van der Waals surface area contributed by atoms with Gasteiger partial charge >= 0.3 is 0 Å². The lowest BCUT2D eigenvalue weighted by molar-refractivity contribution is -0.117. The summed E-state index contributed by atoms with van der Waals surface area (Å²) in [7, 11) is 0. The van der Waals surface area contributed by atoms with Crippen LogP contribution < -0.4 is 11.1 Å². The van der Waals surface area contributed by atoms with Crippen LogP contribution in [0.2, 0.25) is 0 Å². The third-order valence-corrected chi connectivity index (χ3v) is 2.24. The minimum atomic E-state index is -0.159. The Balaban J connectivity index is 2.08. The number of nitrogens with one attached hydrogen (secondary N) is 1. The topological polar surface area (TPSA) is 93.8 Å². The lowest BCUT2D eigenvalue weighted by Crippen LogP contribution is -2.16. The highest BCUT2D eigenvalue weighted by molar-refractivity contribution is 5.90. The number of hydrogen-bond donors (Lipinski definition) is 3. The average Bonchev–Trinajstić information content (AvgIpc) is 2.37. The van der Waals surface area contributed by atoms with Gasteiger partial charge in [0.25, 0.3) is 0 Å². The molecule has 0 saturated carbocycles. The second kappa shape index (κ2) is 9.32. The summed E-state index contributed by atoms with van der Waals surface area (Å²) in [5.74, 6) is -0.0421. The lowest BCUT2D eigenvalue weighted by Gasteiger charge is -2.06. The SMILES string of the molecule is NCCOCCOCCC(=O)Nc1cccc(O)c1. The summed E-state index contributed by atoms with van der Waals surface area (Å²) in [5.41, 5.74) is 5.82. The molecule has 0 heterocycles. The third kappa shape index (κ3) is 7.40. The van der Waals surface area contributed by atoms with Gasteiger partial charge in [-0.05, 0) is 12.1 Å². The Kier molecular flexibility index (Phi) is 7.57. The molecular formula is C13H20N2O4. The van der Waals surface area contributed by atoms with Gasteiger partial charge in [-0.25, -0.2) is 0 Å². The predicted octanol–water partition coefficient (Wildman–Crippen LogP) is 0.713. The summed E-state index contributed by atoms with van der Waals surface area (Å²) >= 11 is 0. The Morgan fingerprint density at radius 1 is 1.21 bits per heavy atom. The fourth-order valence-corrected chi connectivity index (χ4v) is 1.38. The molecule has 0 atom stereocenters. The number of phenolic OH excluding ortho intramolecular Hbond substituents is 1. The quantitative estimate of drug-likeness (QED) is 0.573. The number of carbonyl (C=O) groups is 1. The number of amides is 1. The van der Waals surface area contributed by atoms with Crippen LogP contribution in [-0.4, -0.2) is 44.0 Å². The number of nitrogens with two attached hydrogens (primary N) is 1. The molecule has 0 aliphatic carbocycles. The van der Waals surface area contributed by atoms with Crippen molar-refractivity contribution in [2.45, 2.75) is 6.42 Å². The first kappa shape index (κ1) is 15.4. The molecule has 0 aromatic heterocycles. The van der Waals surface area contributed by atoms with Gasteiger partial charge in [-0.2, -0.15) is 0 Å². The predicted molar refractivity (Wildman–Crippen MR) is 72.0 cm³/mol. The van der Waals surface area contributed by atoms with E-state index in [0.717, 1.165) is 0 Å². The molecule has 0 unspecified atom stereocenters. The summed E-state index contributed by atoms with van der Waals surface area (Å²) in [6.45, 7) is 2.26. The monoisotopic (exact) mass is 268 g/mol. The van der Waals surface area contributed by atoms with Crippen molar-refractivity contribution >= 4 is 11.6 Å². The van der Waals surface area contributed by atoms with E-state index in [1.54, 1.807) is 18.2 Å². The molecule has 1 rings (SSSR count). The van der Waals surface area contributed by atoms with E-state index >= 15 is 0 Å². The largest absolute Gasteiger partial charge is 0.508 e. The molecule has 0 aliphatic heterocycles. The number of hydrogen-bond acceptors (Lipinski definition) is 5. The molecule has 0 spiro atoms. The number of rotatable bonds is 9. The van der Waals surface area contributed by atoms with Gasteiger partial charge in [-0.3, -0.25) is 4.79 Å². The van der Waals surface area contributed by atoms with Crippen molar-refractivity contribution in [2.75, 3.05) is 38.3 Å². The zero-order valence-electron chi connectivity index (χ0n) is 10.8. The highest BCUT2D eigenvalue weighted by Crippen LogP contribution is 2.15. The van der Waals surface area contributed by atoms with Gasteiger partial charge in [0.05, 0.1) is 32.8 Å². The Morgan fingerprint density at radius 2 is 1.95 bits per heavy atom. The zero-order valence-corrected chi connectivity index (χ0v) is 10.8. The van der Waals surface area contributed by atoms with E-state index in [2.05, 4.69) is 5.32 Å². The van der Waals surface area contributed by atoms with E-state index in [0.29, 0.717) is 38.7 Å². The maximum atomic E-state index is 11.5. The van der Waals surface area contributed by atoms with Crippen LogP contribution in [-0.2, 0) is 14.3 Å². The summed E-state index contributed by atoms with van der Waals surface area (Å²) in [5, 5.41) is 11.9. The van der Waals surface area contributed by atoms with Gasteiger partial charge in [-0.1, -0.05) is 6.07 Å². The van der Waals surface area contributed by atoms with Crippen molar-refractivity contribution in [1.82, 2.24) is 0 Å². The number of benzene rings is 1. The lowest BCUT2D eigenvalue weighted by atomic mass is 10.3. The van der Waals surface area contributed by atoms with Crippen molar-refractivity contribution in [1.29, 1.82) is 0 Å². The average molecular weight is 268 g/mol. The Labute approximate surface area is 112 Å². The van der Waals surface area contributed by atoms with E-state index in [-0.39, 0.29) is 18.1 Å². The van der Waals surface area contributed by atoms with Crippen molar-refractivity contribution in [3.63, 3.8) is 0 Å². The second-order valence-corrected chi connectivity index (χ2v) is 3.86. The number of anilines is 1. The minimum absolute atomic E-state index is 0.117. The fourth-order valence-electron chi connectivity index (χ4n) is 1.38. The molecule has 1 aromatic carbocycles. The number of phenols is 1. The summed E-state index contributed by atoms with van der Waals surface area (Å²) in [4.78, 5) is 11.5. The maximum absolute atomic E-state index is 11.5. The van der Waals surface area contributed by atoms with Crippen LogP contribution in [0, 0.1) is 0 Å². The number of carbonyl (C=O) groups excluding carboxylic acids is 1. The van der Waals surface area contributed by atoms with Crippen LogP contribution in [0.15, 0.2) is 24.3 Å². The van der Waals surface area contributed by atoms with Crippen LogP contribution in [0.4, 0.5) is 5.69 Å². The van der Waals surface area contributed by atoms with Crippen molar-refractivity contribution in [3.8, 4) is 5.75 Å². The molecule has 1 aromatic rings. The Morgan fingerprint density at radius 3 is 2.63 bits per heavy atom. The second-order valence-electron chi connectivity index (χ2n) is 3.86. The van der Waals surface area contributed by atoms with Gasteiger partial charge in [0.1, 0.15) is 5.75 Å². The van der Waals surface area contributed by atoms with Gasteiger partial charge in [0.15, 0.2) is 0 Å². The molecular weight excluding hydrogens is 248 g/mol. The number of aromatic hydroxyl groups is 1. The molecule has 0 aliphatic rings. The van der Waals surface area contributed by atoms with Crippen LogP contribution in [0.25, 0.3) is 0 Å². The first-order chi connectivity index (χ1) is 9.22. The first-order valence-electron chi connectivity index (χ1n) is 6.17. The summed E-state index contributed by atoms with van der Waals surface area (Å²) < 4.78 is 10.4. The normalized spacial score (nSPS) is 10.4. The highest BCUT2D eigenvalue weighted by atomic mass is 16.5. The molecule has 4 N–H and O–H groups in total. The van der Waals surface area contributed by atoms with E-state index in [1.165, 1.54) is 6.07 Å². The van der Waals surface area contributed by atoms with Crippen molar-refractivity contribution in [2.24, 2.45) is 5.73 Å². The smallest absolute Gasteiger partial charge is 0.226 e. The van der Waals surface area contributed by atoms with Gasteiger partial charge < -0.3 is 25.6 Å². The first-order valence-corrected chi connectivity index (χ1v) is 6.17. The maximum Gasteiger partial charge on any atom is 0.226 e.